The van der Waals surface area contributed by atoms with Crippen molar-refractivity contribution in [3.05, 3.63) is 33.8 Å². The second kappa shape index (κ2) is 3.92. The summed E-state index contributed by atoms with van der Waals surface area (Å²) in [4.78, 5) is 0. The zero-order valence-electron chi connectivity index (χ0n) is 7.52. The molecule has 0 heterocycles. The lowest BCUT2D eigenvalue weighted by atomic mass is 10.0. The molecule has 1 aromatic carbocycles. The van der Waals surface area contributed by atoms with Crippen molar-refractivity contribution >= 4 is 11.6 Å². The number of benzene rings is 1. The second-order valence-electron chi connectivity index (χ2n) is 3.07. The van der Waals surface area contributed by atoms with Crippen molar-refractivity contribution in [1.29, 1.82) is 0 Å². The lowest BCUT2D eigenvalue weighted by Gasteiger charge is -2.06. The summed E-state index contributed by atoms with van der Waals surface area (Å²) in [6.07, 6.45) is 0.861. The summed E-state index contributed by atoms with van der Waals surface area (Å²) in [5, 5.41) is 0.837. The number of aryl methyl sites for hydroxylation is 2. The maximum atomic E-state index is 6.02. The highest BCUT2D eigenvalue weighted by Crippen LogP contribution is 2.20. The first kappa shape index (κ1) is 9.56. The van der Waals surface area contributed by atoms with E-state index < -0.39 is 0 Å². The quantitative estimate of drug-likeness (QED) is 0.749. The summed E-state index contributed by atoms with van der Waals surface area (Å²) in [6, 6.07) is 4.12. The van der Waals surface area contributed by atoms with Crippen LogP contribution in [-0.2, 0) is 6.42 Å². The molecule has 0 bridgehead atoms. The van der Waals surface area contributed by atoms with Gasteiger partial charge in [-0.25, -0.2) is 0 Å². The fourth-order valence-corrected chi connectivity index (χ4v) is 1.50. The summed E-state index contributed by atoms with van der Waals surface area (Å²) >= 11 is 6.02. The number of rotatable bonds is 2. The van der Waals surface area contributed by atoms with Crippen LogP contribution in [0.5, 0.6) is 0 Å². The molecule has 0 aliphatic heterocycles. The Balaban J connectivity index is 3.05. The van der Waals surface area contributed by atoms with Gasteiger partial charge in [0.25, 0.3) is 0 Å². The molecule has 1 aromatic rings. The van der Waals surface area contributed by atoms with Crippen LogP contribution in [0.4, 0.5) is 0 Å². The van der Waals surface area contributed by atoms with Crippen LogP contribution >= 0.6 is 11.6 Å². The van der Waals surface area contributed by atoms with Gasteiger partial charge < -0.3 is 5.73 Å². The molecule has 0 unspecified atom stereocenters. The van der Waals surface area contributed by atoms with Crippen LogP contribution in [0, 0.1) is 13.8 Å². The smallest absolute Gasteiger partial charge is 0.0441 e. The van der Waals surface area contributed by atoms with Crippen molar-refractivity contribution in [2.75, 3.05) is 6.54 Å². The van der Waals surface area contributed by atoms with E-state index in [1.54, 1.807) is 0 Å². The maximum absolute atomic E-state index is 6.02. The number of hydrogen-bond donors (Lipinski definition) is 1. The minimum Gasteiger partial charge on any atom is -0.330 e. The van der Waals surface area contributed by atoms with Gasteiger partial charge in [0.05, 0.1) is 0 Å². The summed E-state index contributed by atoms with van der Waals surface area (Å²) in [5.41, 5.74) is 9.13. The molecule has 0 atom stereocenters. The van der Waals surface area contributed by atoms with E-state index >= 15 is 0 Å². The normalized spacial score (nSPS) is 10.3. The molecule has 0 fully saturated rings. The van der Waals surface area contributed by atoms with E-state index in [9.17, 15) is 0 Å². The Morgan fingerprint density at radius 3 is 2.42 bits per heavy atom. The van der Waals surface area contributed by atoms with Gasteiger partial charge >= 0.3 is 0 Å². The molecular formula is C10H14ClN. The topological polar surface area (TPSA) is 26.0 Å². The minimum atomic E-state index is 0.655. The maximum Gasteiger partial charge on any atom is 0.0441 e. The van der Waals surface area contributed by atoms with Gasteiger partial charge in [-0.3, -0.25) is 0 Å². The van der Waals surface area contributed by atoms with E-state index in [-0.39, 0.29) is 0 Å². The first-order valence-electron chi connectivity index (χ1n) is 4.11. The van der Waals surface area contributed by atoms with Gasteiger partial charge in [-0.1, -0.05) is 17.7 Å². The molecule has 0 saturated carbocycles. The molecule has 2 heteroatoms. The SMILES string of the molecule is Cc1cc(Cl)c(CCN)cc1C. The van der Waals surface area contributed by atoms with Crippen LogP contribution in [0.15, 0.2) is 12.1 Å². The predicted octanol–water partition coefficient (Wildman–Crippen LogP) is 2.46. The lowest BCUT2D eigenvalue weighted by Crippen LogP contribution is -2.03. The van der Waals surface area contributed by atoms with Crippen LogP contribution in [0.1, 0.15) is 16.7 Å². The molecule has 0 saturated heterocycles. The Morgan fingerprint density at radius 1 is 1.25 bits per heavy atom. The van der Waals surface area contributed by atoms with Crippen molar-refractivity contribution in [3.8, 4) is 0 Å². The van der Waals surface area contributed by atoms with Gasteiger partial charge in [0.1, 0.15) is 0 Å². The van der Waals surface area contributed by atoms with E-state index in [1.807, 2.05) is 6.07 Å². The zero-order valence-corrected chi connectivity index (χ0v) is 8.28. The van der Waals surface area contributed by atoms with Crippen molar-refractivity contribution in [1.82, 2.24) is 0 Å². The minimum absolute atomic E-state index is 0.655. The van der Waals surface area contributed by atoms with E-state index in [1.165, 1.54) is 11.1 Å². The van der Waals surface area contributed by atoms with E-state index in [0.717, 1.165) is 17.0 Å². The van der Waals surface area contributed by atoms with Crippen LogP contribution in [0.3, 0.4) is 0 Å². The third kappa shape index (κ3) is 1.99. The second-order valence-corrected chi connectivity index (χ2v) is 3.47. The van der Waals surface area contributed by atoms with E-state index in [2.05, 4.69) is 19.9 Å². The van der Waals surface area contributed by atoms with Crippen LogP contribution in [0.25, 0.3) is 0 Å². The summed E-state index contributed by atoms with van der Waals surface area (Å²) < 4.78 is 0. The van der Waals surface area contributed by atoms with Gasteiger partial charge in [-0.15, -0.1) is 0 Å². The third-order valence-electron chi connectivity index (χ3n) is 2.08. The number of nitrogens with two attached hydrogens (primary N) is 1. The van der Waals surface area contributed by atoms with Gasteiger partial charge in [-0.05, 0) is 49.6 Å². The Bertz CT molecular complexity index is 281. The van der Waals surface area contributed by atoms with Crippen molar-refractivity contribution in [2.45, 2.75) is 20.3 Å². The Morgan fingerprint density at radius 2 is 1.83 bits per heavy atom. The molecule has 2 N–H and O–H groups in total. The van der Waals surface area contributed by atoms with E-state index in [0.29, 0.717) is 6.54 Å². The zero-order chi connectivity index (χ0) is 9.14. The van der Waals surface area contributed by atoms with Crippen molar-refractivity contribution < 1.29 is 0 Å². The van der Waals surface area contributed by atoms with Crippen molar-refractivity contribution in [3.63, 3.8) is 0 Å². The fraction of sp³-hybridized carbons (Fsp3) is 0.400. The van der Waals surface area contributed by atoms with Gasteiger partial charge in [0, 0.05) is 5.02 Å². The average Bonchev–Trinajstić information content (AvgIpc) is 2.01. The highest BCUT2D eigenvalue weighted by molar-refractivity contribution is 6.31. The number of halogens is 1. The third-order valence-corrected chi connectivity index (χ3v) is 2.43. The first-order valence-corrected chi connectivity index (χ1v) is 4.48. The molecule has 0 aromatic heterocycles. The Labute approximate surface area is 78.5 Å². The molecule has 0 spiro atoms. The van der Waals surface area contributed by atoms with Crippen LogP contribution in [0.2, 0.25) is 5.02 Å². The van der Waals surface area contributed by atoms with Crippen LogP contribution < -0.4 is 5.73 Å². The molecule has 1 nitrogen and oxygen atoms in total. The van der Waals surface area contributed by atoms with Crippen LogP contribution in [-0.4, -0.2) is 6.54 Å². The largest absolute Gasteiger partial charge is 0.330 e. The molecule has 0 amide bonds. The molecule has 0 aliphatic carbocycles. The fourth-order valence-electron chi connectivity index (χ4n) is 1.19. The number of hydrogen-bond acceptors (Lipinski definition) is 1. The monoisotopic (exact) mass is 183 g/mol. The Hall–Kier alpha value is -0.530. The molecule has 0 radical (unpaired) electrons. The van der Waals surface area contributed by atoms with Gasteiger partial charge in [-0.2, -0.15) is 0 Å². The van der Waals surface area contributed by atoms with Crippen molar-refractivity contribution in [2.24, 2.45) is 5.73 Å². The lowest BCUT2D eigenvalue weighted by molar-refractivity contribution is 0.965. The highest BCUT2D eigenvalue weighted by Gasteiger charge is 2.01. The van der Waals surface area contributed by atoms with E-state index in [4.69, 9.17) is 17.3 Å². The van der Waals surface area contributed by atoms with Gasteiger partial charge in [0.15, 0.2) is 0 Å². The summed E-state index contributed by atoms with van der Waals surface area (Å²) in [7, 11) is 0. The summed E-state index contributed by atoms with van der Waals surface area (Å²) in [5.74, 6) is 0. The molecule has 0 aliphatic rings. The highest BCUT2D eigenvalue weighted by atomic mass is 35.5. The molecule has 12 heavy (non-hydrogen) atoms. The predicted molar refractivity (Wildman–Crippen MR) is 53.7 cm³/mol. The standard InChI is InChI=1S/C10H14ClN/c1-7-5-9(3-4-12)10(11)6-8(7)2/h5-6H,3-4,12H2,1-2H3. The van der Waals surface area contributed by atoms with Gasteiger partial charge in [0.2, 0.25) is 0 Å². The first-order chi connectivity index (χ1) is 5.65. The Kier molecular flexibility index (Phi) is 3.12. The summed E-state index contributed by atoms with van der Waals surface area (Å²) in [6.45, 7) is 4.81. The molecular weight excluding hydrogens is 170 g/mol. The molecule has 66 valence electrons. The average molecular weight is 184 g/mol. The molecule has 1 rings (SSSR count).